The molecule has 0 aromatic heterocycles. The summed E-state index contributed by atoms with van der Waals surface area (Å²) in [5.74, 6) is 2.14. The highest BCUT2D eigenvalue weighted by atomic mass is 16.4. The van der Waals surface area contributed by atoms with Crippen molar-refractivity contribution in [1.82, 2.24) is 4.90 Å². The van der Waals surface area contributed by atoms with Gasteiger partial charge in [-0.15, -0.1) is 0 Å². The van der Waals surface area contributed by atoms with Crippen LogP contribution in [-0.4, -0.2) is 29.6 Å². The van der Waals surface area contributed by atoms with E-state index in [2.05, 4.69) is 24.1 Å². The molecule has 4 aliphatic rings. The predicted molar refractivity (Wildman–Crippen MR) is 100 cm³/mol. The van der Waals surface area contributed by atoms with Gasteiger partial charge in [0.05, 0.1) is 0 Å². The molecule has 0 radical (unpaired) electrons. The molecule has 0 amide bonds. The topological polar surface area (TPSA) is 40.5 Å². The highest BCUT2D eigenvalue weighted by molar-refractivity contribution is 5.85. The summed E-state index contributed by atoms with van der Waals surface area (Å²) in [5, 5.41) is 8.70. The molecule has 4 bridgehead atoms. The Morgan fingerprint density at radius 1 is 1.12 bits per heavy atom. The van der Waals surface area contributed by atoms with Crippen molar-refractivity contribution in [2.24, 2.45) is 23.2 Å². The second-order valence-corrected chi connectivity index (χ2v) is 9.00. The van der Waals surface area contributed by atoms with E-state index in [1.165, 1.54) is 56.7 Å². The summed E-state index contributed by atoms with van der Waals surface area (Å²) in [6.07, 6.45) is 11.7. The van der Waals surface area contributed by atoms with Crippen molar-refractivity contribution >= 4 is 12.0 Å². The highest BCUT2D eigenvalue weighted by Crippen LogP contribution is 2.60. The van der Waals surface area contributed by atoms with Crippen LogP contribution in [0.4, 0.5) is 0 Å². The molecule has 4 aliphatic carbocycles. The zero-order valence-corrected chi connectivity index (χ0v) is 15.2. The van der Waals surface area contributed by atoms with E-state index < -0.39 is 5.97 Å². The van der Waals surface area contributed by atoms with E-state index in [4.69, 9.17) is 5.11 Å². The summed E-state index contributed by atoms with van der Waals surface area (Å²) in [6.45, 7) is 2.21. The van der Waals surface area contributed by atoms with E-state index in [1.807, 2.05) is 12.1 Å². The number of aliphatic carboxylic acids is 1. The maximum absolute atomic E-state index is 10.6. The standard InChI is InChI=1S/C22H29NO2/c1-23(14-17-4-2-16(3-5-17)6-7-21(24)25)15-22-11-18-8-19(12-22)10-20(9-18)13-22/h2-7,18-20H,8-15H2,1H3,(H,24,25)/b7-6+/t18-,19-,20-,22?. The Morgan fingerprint density at radius 3 is 2.20 bits per heavy atom. The van der Waals surface area contributed by atoms with E-state index in [-0.39, 0.29) is 0 Å². The van der Waals surface area contributed by atoms with Gasteiger partial charge in [0.2, 0.25) is 0 Å². The highest BCUT2D eigenvalue weighted by Gasteiger charge is 2.50. The summed E-state index contributed by atoms with van der Waals surface area (Å²) >= 11 is 0. The van der Waals surface area contributed by atoms with Crippen LogP contribution in [-0.2, 0) is 11.3 Å². The lowest BCUT2D eigenvalue weighted by molar-refractivity contribution is -0.131. The van der Waals surface area contributed by atoms with E-state index in [0.717, 1.165) is 29.9 Å². The number of carboxylic acid groups (broad SMARTS) is 1. The average Bonchev–Trinajstić information content (AvgIpc) is 2.52. The van der Waals surface area contributed by atoms with Crippen molar-refractivity contribution < 1.29 is 9.90 Å². The summed E-state index contributed by atoms with van der Waals surface area (Å²) in [7, 11) is 2.26. The molecule has 1 aromatic rings. The average molecular weight is 339 g/mol. The summed E-state index contributed by atoms with van der Waals surface area (Å²) in [5.41, 5.74) is 2.84. The molecule has 0 atom stereocenters. The van der Waals surface area contributed by atoms with Crippen LogP contribution in [0.3, 0.4) is 0 Å². The van der Waals surface area contributed by atoms with Crippen LogP contribution in [0.25, 0.3) is 6.08 Å². The Hall–Kier alpha value is -1.61. The third-order valence-electron chi connectivity index (χ3n) is 6.62. The van der Waals surface area contributed by atoms with Crippen molar-refractivity contribution in [3.63, 3.8) is 0 Å². The van der Waals surface area contributed by atoms with Crippen molar-refractivity contribution in [2.75, 3.05) is 13.6 Å². The van der Waals surface area contributed by atoms with Gasteiger partial charge in [0.1, 0.15) is 0 Å². The first-order chi connectivity index (χ1) is 12.0. The zero-order chi connectivity index (χ0) is 17.4. The summed E-state index contributed by atoms with van der Waals surface area (Å²) < 4.78 is 0. The van der Waals surface area contributed by atoms with E-state index in [1.54, 1.807) is 6.08 Å². The third-order valence-corrected chi connectivity index (χ3v) is 6.62. The number of benzene rings is 1. The molecule has 5 rings (SSSR count). The monoisotopic (exact) mass is 339 g/mol. The lowest BCUT2D eigenvalue weighted by Crippen LogP contribution is -2.50. The minimum absolute atomic E-state index is 0.591. The van der Waals surface area contributed by atoms with Gasteiger partial charge in [-0.25, -0.2) is 4.79 Å². The normalized spacial score (nSPS) is 33.4. The van der Waals surface area contributed by atoms with Crippen LogP contribution in [0, 0.1) is 23.2 Å². The number of hydrogen-bond donors (Lipinski definition) is 1. The lowest BCUT2D eigenvalue weighted by atomic mass is 9.49. The molecule has 3 heteroatoms. The molecule has 4 fully saturated rings. The molecule has 134 valence electrons. The first-order valence-corrected chi connectivity index (χ1v) is 9.68. The molecule has 0 saturated heterocycles. The molecule has 4 saturated carbocycles. The van der Waals surface area contributed by atoms with Crippen LogP contribution in [0.2, 0.25) is 0 Å². The minimum Gasteiger partial charge on any atom is -0.478 e. The van der Waals surface area contributed by atoms with Crippen LogP contribution in [0.5, 0.6) is 0 Å². The summed E-state index contributed by atoms with van der Waals surface area (Å²) in [4.78, 5) is 13.1. The quantitative estimate of drug-likeness (QED) is 0.779. The van der Waals surface area contributed by atoms with Gasteiger partial charge in [-0.1, -0.05) is 24.3 Å². The fraction of sp³-hybridized carbons (Fsp3) is 0.591. The molecule has 0 aliphatic heterocycles. The Morgan fingerprint density at radius 2 is 1.68 bits per heavy atom. The number of carbonyl (C=O) groups is 1. The molecule has 0 spiro atoms. The number of nitrogens with zero attached hydrogens (tertiary/aromatic N) is 1. The van der Waals surface area contributed by atoms with Gasteiger partial charge < -0.3 is 10.0 Å². The maximum Gasteiger partial charge on any atom is 0.328 e. The Kier molecular flexibility index (Phi) is 4.45. The summed E-state index contributed by atoms with van der Waals surface area (Å²) in [6, 6.07) is 8.26. The van der Waals surface area contributed by atoms with Crippen LogP contribution in [0.1, 0.15) is 49.7 Å². The van der Waals surface area contributed by atoms with Gasteiger partial charge in [-0.3, -0.25) is 0 Å². The number of hydrogen-bond acceptors (Lipinski definition) is 2. The maximum atomic E-state index is 10.6. The Labute approximate surface area is 150 Å². The molecule has 1 N–H and O–H groups in total. The second kappa shape index (κ2) is 6.60. The number of rotatable bonds is 6. The molecule has 3 nitrogen and oxygen atoms in total. The van der Waals surface area contributed by atoms with Gasteiger partial charge in [0.15, 0.2) is 0 Å². The SMILES string of the molecule is CN(Cc1ccc(/C=C/C(=O)O)cc1)CC12C[C@H]3C[C@H](C1)C[C@@H](C2)C3. The van der Waals surface area contributed by atoms with E-state index in [9.17, 15) is 4.79 Å². The lowest BCUT2D eigenvalue weighted by Gasteiger charge is -2.57. The molecule has 0 unspecified atom stereocenters. The Balaban J connectivity index is 1.36. The predicted octanol–water partition coefficient (Wildman–Crippen LogP) is 4.43. The van der Waals surface area contributed by atoms with E-state index >= 15 is 0 Å². The molecule has 25 heavy (non-hydrogen) atoms. The van der Waals surface area contributed by atoms with Crippen molar-refractivity contribution in [3.8, 4) is 0 Å². The van der Waals surface area contributed by atoms with Crippen molar-refractivity contribution in [3.05, 3.63) is 41.5 Å². The van der Waals surface area contributed by atoms with Gasteiger partial charge in [-0.05, 0) is 85.9 Å². The molecule has 0 heterocycles. The fourth-order valence-corrected chi connectivity index (χ4v) is 6.33. The van der Waals surface area contributed by atoms with Crippen LogP contribution < -0.4 is 0 Å². The van der Waals surface area contributed by atoms with Gasteiger partial charge in [0.25, 0.3) is 0 Å². The van der Waals surface area contributed by atoms with Crippen molar-refractivity contribution in [1.29, 1.82) is 0 Å². The Bertz CT molecular complexity index is 626. The van der Waals surface area contributed by atoms with E-state index in [0.29, 0.717) is 5.41 Å². The first kappa shape index (κ1) is 16.8. The van der Waals surface area contributed by atoms with Crippen LogP contribution in [0.15, 0.2) is 30.3 Å². The third kappa shape index (κ3) is 3.82. The van der Waals surface area contributed by atoms with Gasteiger partial charge >= 0.3 is 5.97 Å². The second-order valence-electron chi connectivity index (χ2n) is 9.00. The number of carboxylic acids is 1. The van der Waals surface area contributed by atoms with Crippen molar-refractivity contribution in [2.45, 2.75) is 45.1 Å². The zero-order valence-electron chi connectivity index (χ0n) is 15.2. The smallest absolute Gasteiger partial charge is 0.328 e. The molecular formula is C22H29NO2. The first-order valence-electron chi connectivity index (χ1n) is 9.68. The largest absolute Gasteiger partial charge is 0.478 e. The fourth-order valence-electron chi connectivity index (χ4n) is 6.33. The van der Waals surface area contributed by atoms with Gasteiger partial charge in [-0.2, -0.15) is 0 Å². The van der Waals surface area contributed by atoms with Crippen LogP contribution >= 0.6 is 0 Å². The molecular weight excluding hydrogens is 310 g/mol. The molecule has 1 aromatic carbocycles. The van der Waals surface area contributed by atoms with Gasteiger partial charge in [0, 0.05) is 19.2 Å². The minimum atomic E-state index is -0.903.